The van der Waals surface area contributed by atoms with Crippen LogP contribution in [0.1, 0.15) is 6.92 Å². The normalized spacial score (nSPS) is 18.6. The third-order valence-electron chi connectivity index (χ3n) is 2.90. The fourth-order valence-corrected chi connectivity index (χ4v) is 2.05. The molecule has 1 aromatic rings. The van der Waals surface area contributed by atoms with Crippen molar-refractivity contribution < 1.29 is 9.53 Å². The minimum absolute atomic E-state index is 0. The summed E-state index contributed by atoms with van der Waals surface area (Å²) in [5.41, 5.74) is 0. The van der Waals surface area contributed by atoms with Gasteiger partial charge in [-0.25, -0.2) is 0 Å². The topological polar surface area (TPSA) is 41.6 Å². The third kappa shape index (κ3) is 4.90. The Balaban J connectivity index is 0.00000180. The predicted molar refractivity (Wildman–Crippen MR) is 78.2 cm³/mol. The van der Waals surface area contributed by atoms with Crippen molar-refractivity contribution in [3.05, 3.63) is 29.3 Å². The molecule has 6 heteroatoms. The molecule has 1 aliphatic rings. The van der Waals surface area contributed by atoms with Crippen molar-refractivity contribution in [2.24, 2.45) is 0 Å². The first-order valence-electron chi connectivity index (χ1n) is 6.04. The van der Waals surface area contributed by atoms with Crippen LogP contribution >= 0.6 is 24.0 Å². The number of hydrogen-bond acceptors (Lipinski definition) is 3. The Bertz CT molecular complexity index is 412. The van der Waals surface area contributed by atoms with Crippen LogP contribution in [0, 0.1) is 0 Å². The van der Waals surface area contributed by atoms with E-state index in [1.54, 1.807) is 24.3 Å². The van der Waals surface area contributed by atoms with Crippen LogP contribution in [0.4, 0.5) is 0 Å². The number of piperazine rings is 1. The smallest absolute Gasteiger partial charge is 0.260 e. The molecule has 1 heterocycles. The summed E-state index contributed by atoms with van der Waals surface area (Å²) < 4.78 is 5.44. The molecule has 1 unspecified atom stereocenters. The van der Waals surface area contributed by atoms with Crippen LogP contribution in [0.2, 0.25) is 5.02 Å². The summed E-state index contributed by atoms with van der Waals surface area (Å²) >= 11 is 5.77. The molecule has 2 rings (SSSR count). The van der Waals surface area contributed by atoms with Gasteiger partial charge in [0.1, 0.15) is 5.75 Å². The van der Waals surface area contributed by atoms with E-state index in [1.807, 2.05) is 4.90 Å². The van der Waals surface area contributed by atoms with Crippen LogP contribution in [0.3, 0.4) is 0 Å². The summed E-state index contributed by atoms with van der Waals surface area (Å²) in [6.45, 7) is 4.47. The number of carbonyl (C=O) groups excluding carboxylic acids is 1. The Morgan fingerprint density at radius 2 is 2.16 bits per heavy atom. The molecule has 1 atom stereocenters. The Labute approximate surface area is 124 Å². The number of amides is 1. The van der Waals surface area contributed by atoms with Gasteiger partial charge >= 0.3 is 0 Å². The van der Waals surface area contributed by atoms with Gasteiger partial charge in [0.2, 0.25) is 0 Å². The Morgan fingerprint density at radius 1 is 1.47 bits per heavy atom. The second kappa shape index (κ2) is 7.58. The molecule has 0 aromatic heterocycles. The maximum absolute atomic E-state index is 11.9. The van der Waals surface area contributed by atoms with Crippen molar-refractivity contribution in [2.75, 3.05) is 26.2 Å². The van der Waals surface area contributed by atoms with E-state index in [0.29, 0.717) is 16.8 Å². The van der Waals surface area contributed by atoms with Gasteiger partial charge in [0.25, 0.3) is 5.91 Å². The summed E-state index contributed by atoms with van der Waals surface area (Å²) in [6.07, 6.45) is 0. The lowest BCUT2D eigenvalue weighted by atomic mass is 10.2. The number of benzene rings is 1. The molecular formula is C13H18Cl2N2O2. The van der Waals surface area contributed by atoms with Crippen molar-refractivity contribution in [2.45, 2.75) is 13.0 Å². The minimum atomic E-state index is 0. The quantitative estimate of drug-likeness (QED) is 0.928. The number of nitrogens with zero attached hydrogens (tertiary/aromatic N) is 1. The number of nitrogens with one attached hydrogen (secondary N) is 1. The molecule has 0 aliphatic carbocycles. The summed E-state index contributed by atoms with van der Waals surface area (Å²) in [6, 6.07) is 7.35. The third-order valence-corrected chi connectivity index (χ3v) is 3.15. The molecule has 0 spiro atoms. The molecule has 1 saturated heterocycles. The van der Waals surface area contributed by atoms with E-state index < -0.39 is 0 Å². The number of ether oxygens (including phenoxy) is 1. The lowest BCUT2D eigenvalue weighted by Crippen LogP contribution is -2.52. The number of hydrogen-bond donors (Lipinski definition) is 1. The largest absolute Gasteiger partial charge is 0.484 e. The second-order valence-electron chi connectivity index (χ2n) is 4.44. The molecule has 19 heavy (non-hydrogen) atoms. The van der Waals surface area contributed by atoms with Crippen LogP contribution in [0.5, 0.6) is 5.75 Å². The van der Waals surface area contributed by atoms with Crippen molar-refractivity contribution >= 4 is 29.9 Å². The highest BCUT2D eigenvalue weighted by atomic mass is 35.5. The monoisotopic (exact) mass is 304 g/mol. The summed E-state index contributed by atoms with van der Waals surface area (Å²) in [7, 11) is 0. The first-order valence-corrected chi connectivity index (χ1v) is 6.42. The second-order valence-corrected chi connectivity index (χ2v) is 4.87. The first kappa shape index (κ1) is 16.1. The van der Waals surface area contributed by atoms with Crippen LogP contribution in [0.15, 0.2) is 24.3 Å². The van der Waals surface area contributed by atoms with Gasteiger partial charge in [-0.15, -0.1) is 12.4 Å². The van der Waals surface area contributed by atoms with E-state index in [1.165, 1.54) is 0 Å². The van der Waals surface area contributed by atoms with Gasteiger partial charge in [-0.1, -0.05) is 11.6 Å². The predicted octanol–water partition coefficient (Wildman–Crippen LogP) is 1.96. The number of carbonyl (C=O) groups is 1. The molecule has 106 valence electrons. The van der Waals surface area contributed by atoms with E-state index in [0.717, 1.165) is 19.6 Å². The van der Waals surface area contributed by atoms with Crippen LogP contribution in [-0.2, 0) is 4.79 Å². The highest BCUT2D eigenvalue weighted by Gasteiger charge is 2.20. The molecule has 1 N–H and O–H groups in total. The zero-order valence-corrected chi connectivity index (χ0v) is 12.3. The van der Waals surface area contributed by atoms with Crippen molar-refractivity contribution in [1.29, 1.82) is 0 Å². The highest BCUT2D eigenvalue weighted by molar-refractivity contribution is 6.30. The molecular weight excluding hydrogens is 287 g/mol. The standard InChI is InChI=1S/C13H17ClN2O2.ClH/c1-10-8-16(7-6-15-10)13(17)9-18-12-4-2-11(14)3-5-12;/h2-5,10,15H,6-9H2,1H3;1H. The summed E-state index contributed by atoms with van der Waals surface area (Å²) in [5.74, 6) is 0.689. The molecule has 4 nitrogen and oxygen atoms in total. The fraction of sp³-hybridized carbons (Fsp3) is 0.462. The Morgan fingerprint density at radius 3 is 2.79 bits per heavy atom. The van der Waals surface area contributed by atoms with Gasteiger partial charge in [-0.3, -0.25) is 4.79 Å². The van der Waals surface area contributed by atoms with E-state index in [2.05, 4.69) is 12.2 Å². The molecule has 1 aliphatic heterocycles. The van der Waals surface area contributed by atoms with Gasteiger partial charge in [0.05, 0.1) is 0 Å². The van der Waals surface area contributed by atoms with E-state index in [-0.39, 0.29) is 24.9 Å². The maximum Gasteiger partial charge on any atom is 0.260 e. The van der Waals surface area contributed by atoms with Crippen LogP contribution in [-0.4, -0.2) is 43.1 Å². The van der Waals surface area contributed by atoms with Gasteiger partial charge in [0.15, 0.2) is 6.61 Å². The van der Waals surface area contributed by atoms with Gasteiger partial charge in [-0.2, -0.15) is 0 Å². The Kier molecular flexibility index (Phi) is 6.42. The highest BCUT2D eigenvalue weighted by Crippen LogP contribution is 2.15. The molecule has 1 amide bonds. The average molecular weight is 305 g/mol. The number of halogens is 2. The van der Waals surface area contributed by atoms with Crippen LogP contribution < -0.4 is 10.1 Å². The molecule has 0 radical (unpaired) electrons. The molecule has 0 saturated carbocycles. The van der Waals surface area contributed by atoms with Gasteiger partial charge in [0, 0.05) is 30.7 Å². The van der Waals surface area contributed by atoms with Crippen molar-refractivity contribution in [3.63, 3.8) is 0 Å². The van der Waals surface area contributed by atoms with E-state index in [9.17, 15) is 4.79 Å². The molecule has 1 fully saturated rings. The SMILES string of the molecule is CC1CN(C(=O)COc2ccc(Cl)cc2)CCN1.Cl. The zero-order valence-electron chi connectivity index (χ0n) is 10.8. The average Bonchev–Trinajstić information content (AvgIpc) is 2.38. The fourth-order valence-electron chi connectivity index (χ4n) is 1.93. The molecule has 1 aromatic carbocycles. The van der Waals surface area contributed by atoms with Crippen molar-refractivity contribution in [3.8, 4) is 5.75 Å². The zero-order chi connectivity index (χ0) is 13.0. The van der Waals surface area contributed by atoms with E-state index in [4.69, 9.17) is 16.3 Å². The Hall–Kier alpha value is -0.970. The first-order chi connectivity index (χ1) is 8.65. The van der Waals surface area contributed by atoms with Gasteiger partial charge in [-0.05, 0) is 31.2 Å². The van der Waals surface area contributed by atoms with Crippen molar-refractivity contribution in [1.82, 2.24) is 10.2 Å². The maximum atomic E-state index is 11.9. The lowest BCUT2D eigenvalue weighted by molar-refractivity contribution is -0.134. The van der Waals surface area contributed by atoms with E-state index >= 15 is 0 Å². The number of rotatable bonds is 3. The minimum Gasteiger partial charge on any atom is -0.484 e. The van der Waals surface area contributed by atoms with Gasteiger partial charge < -0.3 is 15.0 Å². The molecule has 0 bridgehead atoms. The summed E-state index contributed by atoms with van der Waals surface area (Å²) in [5, 5.41) is 3.95. The summed E-state index contributed by atoms with van der Waals surface area (Å²) in [4.78, 5) is 13.8. The lowest BCUT2D eigenvalue weighted by Gasteiger charge is -2.31. The van der Waals surface area contributed by atoms with Crippen LogP contribution in [0.25, 0.3) is 0 Å².